The first-order valence-electron chi connectivity index (χ1n) is 3.99. The summed E-state index contributed by atoms with van der Waals surface area (Å²) >= 11 is 3.28. The van der Waals surface area contributed by atoms with Crippen LogP contribution in [0.2, 0.25) is 0 Å². The maximum Gasteiger partial charge on any atom is 0.251 e. The zero-order valence-electron chi connectivity index (χ0n) is 7.46. The van der Waals surface area contributed by atoms with Gasteiger partial charge in [0.1, 0.15) is 6.33 Å². The van der Waals surface area contributed by atoms with E-state index in [1.807, 2.05) is 0 Å². The highest BCUT2D eigenvalue weighted by molar-refractivity contribution is 9.10. The fourth-order valence-electron chi connectivity index (χ4n) is 1.04. The zero-order chi connectivity index (χ0) is 10.8. The van der Waals surface area contributed by atoms with Crippen LogP contribution in [0.4, 0.5) is 0 Å². The number of nitrogens with two attached hydrogens (primary N) is 1. The Bertz CT molecular complexity index is 509. The topological polar surface area (TPSA) is 86.7 Å². The molecule has 0 bridgehead atoms. The van der Waals surface area contributed by atoms with Crippen molar-refractivity contribution < 1.29 is 4.79 Å². The van der Waals surface area contributed by atoms with E-state index in [0.717, 1.165) is 0 Å². The Labute approximate surface area is 93.3 Å². The van der Waals surface area contributed by atoms with Gasteiger partial charge in [0.05, 0.1) is 16.2 Å². The summed E-state index contributed by atoms with van der Waals surface area (Å²) in [5, 5.41) is 3.96. The predicted octanol–water partition coefficient (Wildman–Crippen LogP) is 0.524. The molecule has 1 amide bonds. The van der Waals surface area contributed by atoms with Gasteiger partial charge in [-0.3, -0.25) is 4.79 Å². The van der Waals surface area contributed by atoms with Crippen LogP contribution in [-0.4, -0.2) is 25.7 Å². The van der Waals surface area contributed by atoms with Gasteiger partial charge in [0.15, 0.2) is 5.82 Å². The lowest BCUT2D eigenvalue weighted by atomic mass is 10.3. The van der Waals surface area contributed by atoms with E-state index in [1.54, 1.807) is 6.20 Å². The van der Waals surface area contributed by atoms with E-state index in [-0.39, 0.29) is 0 Å². The number of nitrogens with zero attached hydrogens (tertiary/aromatic N) is 4. The zero-order valence-corrected chi connectivity index (χ0v) is 9.05. The lowest BCUT2D eigenvalue weighted by Crippen LogP contribution is -2.09. The molecule has 15 heavy (non-hydrogen) atoms. The van der Waals surface area contributed by atoms with E-state index < -0.39 is 5.91 Å². The number of primary amides is 1. The second-order valence-corrected chi connectivity index (χ2v) is 3.59. The SMILES string of the molecule is NC(=O)c1cnn(-c2ncncc2Br)c1. The summed E-state index contributed by atoms with van der Waals surface area (Å²) in [6.45, 7) is 0. The quantitative estimate of drug-likeness (QED) is 0.860. The predicted molar refractivity (Wildman–Crippen MR) is 55.4 cm³/mol. The lowest BCUT2D eigenvalue weighted by molar-refractivity contribution is 0.100. The molecule has 0 saturated carbocycles. The molecule has 2 rings (SSSR count). The maximum absolute atomic E-state index is 10.9. The molecular weight excluding hydrogens is 262 g/mol. The average molecular weight is 268 g/mol. The smallest absolute Gasteiger partial charge is 0.251 e. The Kier molecular flexibility index (Phi) is 2.46. The van der Waals surface area contributed by atoms with Gasteiger partial charge >= 0.3 is 0 Å². The second kappa shape index (κ2) is 3.77. The number of hydrogen-bond acceptors (Lipinski definition) is 4. The van der Waals surface area contributed by atoms with E-state index in [0.29, 0.717) is 15.9 Å². The van der Waals surface area contributed by atoms with Gasteiger partial charge in [0.25, 0.3) is 5.91 Å². The molecule has 0 aliphatic heterocycles. The van der Waals surface area contributed by atoms with Gasteiger partial charge < -0.3 is 5.73 Å². The third kappa shape index (κ3) is 1.86. The standard InChI is InChI=1S/C8H6BrN5O/c9-6-2-11-4-12-8(6)14-3-5(1-13-14)7(10)15/h1-4H,(H2,10,15). The molecule has 0 radical (unpaired) electrons. The van der Waals surface area contributed by atoms with E-state index in [9.17, 15) is 4.79 Å². The first-order chi connectivity index (χ1) is 7.18. The van der Waals surface area contributed by atoms with Crippen LogP contribution in [0.15, 0.2) is 29.4 Å². The van der Waals surface area contributed by atoms with Gasteiger partial charge in [-0.25, -0.2) is 14.6 Å². The number of rotatable bonds is 2. The van der Waals surface area contributed by atoms with Gasteiger partial charge in [-0.15, -0.1) is 0 Å². The molecule has 2 aromatic heterocycles. The van der Waals surface area contributed by atoms with Crippen LogP contribution in [0.3, 0.4) is 0 Å². The fraction of sp³-hybridized carbons (Fsp3) is 0. The molecule has 0 aliphatic carbocycles. The number of amides is 1. The van der Waals surface area contributed by atoms with Crippen molar-refractivity contribution in [3.8, 4) is 5.82 Å². The highest BCUT2D eigenvalue weighted by atomic mass is 79.9. The molecular formula is C8H6BrN5O. The highest BCUT2D eigenvalue weighted by Crippen LogP contribution is 2.15. The van der Waals surface area contributed by atoms with Crippen molar-refractivity contribution in [1.82, 2.24) is 19.7 Å². The molecule has 2 N–H and O–H groups in total. The summed E-state index contributed by atoms with van der Waals surface area (Å²) in [6.07, 6.45) is 5.88. The van der Waals surface area contributed by atoms with Crippen molar-refractivity contribution in [1.29, 1.82) is 0 Å². The van der Waals surface area contributed by atoms with Crippen molar-refractivity contribution in [2.75, 3.05) is 0 Å². The number of aromatic nitrogens is 4. The third-order valence-corrected chi connectivity index (χ3v) is 2.29. The molecule has 6 nitrogen and oxygen atoms in total. The molecule has 76 valence electrons. The van der Waals surface area contributed by atoms with E-state index >= 15 is 0 Å². The Hall–Kier alpha value is -1.76. The van der Waals surface area contributed by atoms with Gasteiger partial charge in [-0.1, -0.05) is 0 Å². The molecule has 7 heteroatoms. The minimum Gasteiger partial charge on any atom is -0.366 e. The summed E-state index contributed by atoms with van der Waals surface area (Å²) < 4.78 is 2.13. The highest BCUT2D eigenvalue weighted by Gasteiger charge is 2.08. The summed E-state index contributed by atoms with van der Waals surface area (Å²) in [5.74, 6) is 0.0314. The summed E-state index contributed by atoms with van der Waals surface area (Å²) in [4.78, 5) is 18.7. The maximum atomic E-state index is 10.9. The number of carbonyl (C=O) groups excluding carboxylic acids is 1. The number of hydrogen-bond donors (Lipinski definition) is 1. The number of carbonyl (C=O) groups is 1. The van der Waals surface area contributed by atoms with Crippen LogP contribution in [0.5, 0.6) is 0 Å². The first kappa shape index (κ1) is 9.78. The van der Waals surface area contributed by atoms with Gasteiger partial charge in [-0.2, -0.15) is 5.10 Å². The molecule has 0 aromatic carbocycles. The second-order valence-electron chi connectivity index (χ2n) is 2.73. The molecule has 2 aromatic rings. The lowest BCUT2D eigenvalue weighted by Gasteiger charge is -2.00. The summed E-state index contributed by atoms with van der Waals surface area (Å²) in [5.41, 5.74) is 5.44. The Morgan fingerprint density at radius 2 is 2.27 bits per heavy atom. The molecule has 2 heterocycles. The molecule has 0 fully saturated rings. The van der Waals surface area contributed by atoms with Gasteiger partial charge in [0.2, 0.25) is 0 Å². The normalized spacial score (nSPS) is 10.2. The molecule has 0 saturated heterocycles. The monoisotopic (exact) mass is 267 g/mol. The minimum atomic E-state index is -0.522. The van der Waals surface area contributed by atoms with Crippen LogP contribution in [0.25, 0.3) is 5.82 Å². The van der Waals surface area contributed by atoms with Crippen LogP contribution < -0.4 is 5.73 Å². The number of halogens is 1. The van der Waals surface area contributed by atoms with Gasteiger partial charge in [0, 0.05) is 12.4 Å². The van der Waals surface area contributed by atoms with Crippen molar-refractivity contribution in [3.05, 3.63) is 35.0 Å². The molecule has 0 spiro atoms. The van der Waals surface area contributed by atoms with E-state index in [2.05, 4.69) is 31.0 Å². The molecule has 0 unspecified atom stereocenters. The summed E-state index contributed by atoms with van der Waals surface area (Å²) in [7, 11) is 0. The van der Waals surface area contributed by atoms with Crippen LogP contribution in [-0.2, 0) is 0 Å². The van der Waals surface area contributed by atoms with Crippen molar-refractivity contribution in [2.24, 2.45) is 5.73 Å². The third-order valence-electron chi connectivity index (χ3n) is 1.73. The van der Waals surface area contributed by atoms with Crippen LogP contribution in [0, 0.1) is 0 Å². The Morgan fingerprint density at radius 1 is 1.47 bits per heavy atom. The summed E-state index contributed by atoms with van der Waals surface area (Å²) in [6, 6.07) is 0. The minimum absolute atomic E-state index is 0.334. The van der Waals surface area contributed by atoms with E-state index in [1.165, 1.54) is 23.4 Å². The molecule has 0 atom stereocenters. The average Bonchev–Trinajstić information content (AvgIpc) is 2.67. The first-order valence-corrected chi connectivity index (χ1v) is 4.78. The van der Waals surface area contributed by atoms with Crippen LogP contribution >= 0.6 is 15.9 Å². The Balaban J connectivity index is 2.46. The van der Waals surface area contributed by atoms with Crippen molar-refractivity contribution >= 4 is 21.8 Å². The Morgan fingerprint density at radius 3 is 2.87 bits per heavy atom. The van der Waals surface area contributed by atoms with E-state index in [4.69, 9.17) is 5.73 Å². The largest absolute Gasteiger partial charge is 0.366 e. The van der Waals surface area contributed by atoms with Crippen LogP contribution in [0.1, 0.15) is 10.4 Å². The van der Waals surface area contributed by atoms with Gasteiger partial charge in [-0.05, 0) is 15.9 Å². The van der Waals surface area contributed by atoms with Crippen molar-refractivity contribution in [2.45, 2.75) is 0 Å². The molecule has 0 aliphatic rings. The fourth-order valence-corrected chi connectivity index (χ4v) is 1.44. The van der Waals surface area contributed by atoms with Crippen molar-refractivity contribution in [3.63, 3.8) is 0 Å².